The summed E-state index contributed by atoms with van der Waals surface area (Å²) in [6.45, 7) is 5.65. The van der Waals surface area contributed by atoms with Gasteiger partial charge in [-0.15, -0.1) is 11.8 Å². The molecule has 0 spiro atoms. The normalized spacial score (nSPS) is 10.4. The van der Waals surface area contributed by atoms with Crippen LogP contribution >= 0.6 is 11.8 Å². The summed E-state index contributed by atoms with van der Waals surface area (Å²) in [6, 6.07) is 6.10. The molecule has 0 heterocycles. The summed E-state index contributed by atoms with van der Waals surface area (Å²) in [5.41, 5.74) is 7.95. The first-order valence-electron chi connectivity index (χ1n) is 4.80. The Balaban J connectivity index is 2.45. The molecule has 0 atom stereocenters. The number of nitrogens with two attached hydrogens (primary N) is 1. The molecule has 1 aromatic carbocycles. The Morgan fingerprint density at radius 1 is 1.43 bits per heavy atom. The number of hydrogen-bond donors (Lipinski definition) is 1. The lowest BCUT2D eigenvalue weighted by Crippen LogP contribution is -1.97. The molecule has 2 nitrogen and oxygen atoms in total. The van der Waals surface area contributed by atoms with Gasteiger partial charge in [0, 0.05) is 22.9 Å². The molecule has 0 aromatic heterocycles. The molecule has 2 N–H and O–H groups in total. The molecule has 0 amide bonds. The second kappa shape index (κ2) is 5.94. The van der Waals surface area contributed by atoms with Crippen LogP contribution in [0.25, 0.3) is 0 Å². The lowest BCUT2D eigenvalue weighted by atomic mass is 10.2. The van der Waals surface area contributed by atoms with E-state index in [1.165, 1.54) is 5.56 Å². The van der Waals surface area contributed by atoms with Crippen molar-refractivity contribution in [1.29, 1.82) is 0 Å². The molecule has 78 valence electrons. The van der Waals surface area contributed by atoms with Gasteiger partial charge in [-0.25, -0.2) is 0 Å². The van der Waals surface area contributed by atoms with Crippen LogP contribution in [0.2, 0.25) is 0 Å². The fraction of sp³-hybridized carbons (Fsp3) is 0.455. The molecule has 0 unspecified atom stereocenters. The van der Waals surface area contributed by atoms with Gasteiger partial charge < -0.3 is 10.5 Å². The Kier molecular flexibility index (Phi) is 4.84. The summed E-state index contributed by atoms with van der Waals surface area (Å²) >= 11 is 1.75. The second-order valence-electron chi connectivity index (χ2n) is 3.09. The first-order valence-corrected chi connectivity index (χ1v) is 5.79. The van der Waals surface area contributed by atoms with Gasteiger partial charge in [-0.3, -0.25) is 0 Å². The van der Waals surface area contributed by atoms with Crippen molar-refractivity contribution < 1.29 is 4.74 Å². The van der Waals surface area contributed by atoms with Gasteiger partial charge in [0.25, 0.3) is 0 Å². The van der Waals surface area contributed by atoms with E-state index < -0.39 is 0 Å². The van der Waals surface area contributed by atoms with Crippen molar-refractivity contribution in [2.24, 2.45) is 0 Å². The predicted molar refractivity (Wildman–Crippen MR) is 62.8 cm³/mol. The first kappa shape index (κ1) is 11.4. The molecule has 0 radical (unpaired) electrons. The third-order valence-electron chi connectivity index (χ3n) is 1.86. The van der Waals surface area contributed by atoms with Gasteiger partial charge >= 0.3 is 0 Å². The van der Waals surface area contributed by atoms with Gasteiger partial charge in [0.05, 0.1) is 6.61 Å². The number of benzene rings is 1. The van der Waals surface area contributed by atoms with E-state index in [4.69, 9.17) is 10.5 Å². The van der Waals surface area contributed by atoms with Gasteiger partial charge in [0.15, 0.2) is 0 Å². The number of rotatable bonds is 5. The highest BCUT2D eigenvalue weighted by Gasteiger charge is 1.99. The number of hydrogen-bond acceptors (Lipinski definition) is 3. The predicted octanol–water partition coefficient (Wildman–Crippen LogP) is 2.71. The van der Waals surface area contributed by atoms with Gasteiger partial charge in [0.1, 0.15) is 0 Å². The molecule has 1 rings (SSSR count). The SMILES string of the molecule is CCOCCSc1cc(C)ccc1N. The Hall–Kier alpha value is -0.670. The molecular weight excluding hydrogens is 194 g/mol. The molecule has 1 aromatic rings. The maximum Gasteiger partial charge on any atom is 0.0560 e. The third kappa shape index (κ3) is 3.60. The molecule has 0 saturated heterocycles. The first-order chi connectivity index (χ1) is 6.74. The zero-order chi connectivity index (χ0) is 10.4. The highest BCUT2D eigenvalue weighted by atomic mass is 32.2. The zero-order valence-corrected chi connectivity index (χ0v) is 9.56. The van der Waals surface area contributed by atoms with Crippen molar-refractivity contribution in [3.05, 3.63) is 23.8 Å². The molecule has 0 saturated carbocycles. The lowest BCUT2D eigenvalue weighted by Gasteiger charge is -2.06. The number of ether oxygens (including phenoxy) is 1. The monoisotopic (exact) mass is 211 g/mol. The Labute approximate surface area is 89.8 Å². The minimum absolute atomic E-state index is 0.782. The largest absolute Gasteiger partial charge is 0.398 e. The van der Waals surface area contributed by atoms with Crippen LogP contribution in [-0.2, 0) is 4.74 Å². The highest BCUT2D eigenvalue weighted by molar-refractivity contribution is 7.99. The summed E-state index contributed by atoms with van der Waals surface area (Å²) in [7, 11) is 0. The smallest absolute Gasteiger partial charge is 0.0560 e. The molecule has 0 aliphatic heterocycles. The van der Waals surface area contributed by atoms with E-state index in [0.29, 0.717) is 0 Å². The quantitative estimate of drug-likeness (QED) is 0.462. The van der Waals surface area contributed by atoms with Crippen molar-refractivity contribution in [3.63, 3.8) is 0 Å². The summed E-state index contributed by atoms with van der Waals surface area (Å²) in [5.74, 6) is 0.960. The second-order valence-corrected chi connectivity index (χ2v) is 4.22. The van der Waals surface area contributed by atoms with Crippen molar-refractivity contribution in [3.8, 4) is 0 Å². The van der Waals surface area contributed by atoms with Gasteiger partial charge in [-0.2, -0.15) is 0 Å². The van der Waals surface area contributed by atoms with Crippen molar-refractivity contribution in [2.75, 3.05) is 24.7 Å². The minimum atomic E-state index is 0.782. The molecule has 0 aliphatic carbocycles. The average molecular weight is 211 g/mol. The number of aryl methyl sites for hydroxylation is 1. The van der Waals surface area contributed by atoms with Gasteiger partial charge in [0.2, 0.25) is 0 Å². The van der Waals surface area contributed by atoms with Crippen molar-refractivity contribution >= 4 is 17.4 Å². The van der Waals surface area contributed by atoms with Crippen molar-refractivity contribution in [1.82, 2.24) is 0 Å². The zero-order valence-electron chi connectivity index (χ0n) is 8.75. The van der Waals surface area contributed by atoms with Crippen molar-refractivity contribution in [2.45, 2.75) is 18.7 Å². The number of thioether (sulfide) groups is 1. The van der Waals surface area contributed by atoms with E-state index in [-0.39, 0.29) is 0 Å². The van der Waals surface area contributed by atoms with E-state index in [0.717, 1.165) is 29.5 Å². The Morgan fingerprint density at radius 3 is 2.93 bits per heavy atom. The van der Waals surface area contributed by atoms with E-state index in [9.17, 15) is 0 Å². The maximum atomic E-state index is 5.84. The van der Waals surface area contributed by atoms with Gasteiger partial charge in [-0.1, -0.05) is 6.07 Å². The van der Waals surface area contributed by atoms with Crippen LogP contribution in [0.4, 0.5) is 5.69 Å². The Bertz CT molecular complexity index is 289. The van der Waals surface area contributed by atoms with E-state index in [1.54, 1.807) is 11.8 Å². The topological polar surface area (TPSA) is 35.2 Å². The minimum Gasteiger partial charge on any atom is -0.398 e. The van der Waals surface area contributed by atoms with Crippen LogP contribution in [0.15, 0.2) is 23.1 Å². The molecule has 0 fully saturated rings. The van der Waals surface area contributed by atoms with Crippen LogP contribution < -0.4 is 5.73 Å². The van der Waals surface area contributed by atoms with Crippen LogP contribution in [0.3, 0.4) is 0 Å². The number of anilines is 1. The summed E-state index contributed by atoms with van der Waals surface area (Å²) in [5, 5.41) is 0. The van der Waals surface area contributed by atoms with E-state index >= 15 is 0 Å². The average Bonchev–Trinajstić information content (AvgIpc) is 2.18. The summed E-state index contributed by atoms with van der Waals surface area (Å²) < 4.78 is 5.26. The standard InChI is InChI=1S/C11H17NOS/c1-3-13-6-7-14-11-8-9(2)4-5-10(11)12/h4-5,8H,3,6-7,12H2,1-2H3. The van der Waals surface area contributed by atoms with E-state index in [2.05, 4.69) is 13.0 Å². The van der Waals surface area contributed by atoms with Crippen LogP contribution in [0.5, 0.6) is 0 Å². The summed E-state index contributed by atoms with van der Waals surface area (Å²) in [4.78, 5) is 1.16. The molecule has 0 aliphatic rings. The molecule has 0 bridgehead atoms. The third-order valence-corrected chi connectivity index (χ3v) is 2.89. The maximum absolute atomic E-state index is 5.84. The summed E-state index contributed by atoms with van der Waals surface area (Å²) in [6.07, 6.45) is 0. The lowest BCUT2D eigenvalue weighted by molar-refractivity contribution is 0.164. The fourth-order valence-corrected chi connectivity index (χ4v) is 2.05. The van der Waals surface area contributed by atoms with Gasteiger partial charge in [-0.05, 0) is 31.5 Å². The molecule has 3 heteroatoms. The highest BCUT2D eigenvalue weighted by Crippen LogP contribution is 2.25. The molecular formula is C11H17NOS. The van der Waals surface area contributed by atoms with Crippen LogP contribution in [0, 0.1) is 6.92 Å². The number of nitrogen functional groups attached to an aromatic ring is 1. The Morgan fingerprint density at radius 2 is 2.21 bits per heavy atom. The van der Waals surface area contributed by atoms with Crippen LogP contribution in [-0.4, -0.2) is 19.0 Å². The van der Waals surface area contributed by atoms with Crippen LogP contribution in [0.1, 0.15) is 12.5 Å². The van der Waals surface area contributed by atoms with E-state index in [1.807, 2.05) is 19.1 Å². The fourth-order valence-electron chi connectivity index (χ4n) is 1.12. The molecule has 14 heavy (non-hydrogen) atoms.